The quantitative estimate of drug-likeness (QED) is 0.573. The fraction of sp³-hybridized carbons (Fsp3) is 1.00. The maximum Gasteiger partial charge on any atom is 0.523 e. The van der Waals surface area contributed by atoms with Crippen LogP contribution in [0.2, 0.25) is 0 Å². The molecule has 1 saturated heterocycles. The number of ether oxygens (including phenoxy) is 1. The van der Waals surface area contributed by atoms with Gasteiger partial charge in [0.05, 0.1) is 6.61 Å². The zero-order valence-electron chi connectivity index (χ0n) is 8.71. The smallest absolute Gasteiger partial charge is 0.381 e. The summed E-state index contributed by atoms with van der Waals surface area (Å²) in [5.74, 6) is 0. The Bertz CT molecular complexity index is 330. The van der Waals surface area contributed by atoms with Crippen LogP contribution < -0.4 is 0 Å². The Hall–Kier alpha value is -0.340. The molecular weight excluding hydrogens is 249 g/mol. The van der Waals surface area contributed by atoms with E-state index in [0.29, 0.717) is 26.1 Å². The van der Waals surface area contributed by atoms with Gasteiger partial charge in [-0.25, -0.2) is 0 Å². The third kappa shape index (κ3) is 3.33. The molecule has 1 fully saturated rings. The summed E-state index contributed by atoms with van der Waals surface area (Å²) in [7, 11) is -5.48. The van der Waals surface area contributed by atoms with Gasteiger partial charge in [-0.15, -0.1) is 0 Å². The van der Waals surface area contributed by atoms with Crippen molar-refractivity contribution >= 4 is 10.1 Å². The van der Waals surface area contributed by atoms with Crippen LogP contribution in [-0.2, 0) is 19.0 Å². The van der Waals surface area contributed by atoms with E-state index in [0.717, 1.165) is 0 Å². The molecule has 0 aromatic heterocycles. The number of halogens is 3. The molecule has 0 aromatic carbocycles. The van der Waals surface area contributed by atoms with Crippen LogP contribution in [0, 0.1) is 5.41 Å². The summed E-state index contributed by atoms with van der Waals surface area (Å²) >= 11 is 0. The average molecular weight is 262 g/mol. The van der Waals surface area contributed by atoms with Gasteiger partial charge in [-0.05, 0) is 18.3 Å². The first-order chi connectivity index (χ1) is 7.16. The standard InChI is InChI=1S/C8H13F3O4S/c1-7(2-4-14-5-3-7)6-15-16(12,13)8(9,10)11/h2-6H2,1H3. The van der Waals surface area contributed by atoms with Crippen molar-refractivity contribution in [2.75, 3.05) is 19.8 Å². The second kappa shape index (κ2) is 4.50. The van der Waals surface area contributed by atoms with Crippen LogP contribution in [0.3, 0.4) is 0 Å². The molecule has 0 aliphatic carbocycles. The predicted octanol–water partition coefficient (Wildman–Crippen LogP) is 1.67. The Morgan fingerprint density at radius 2 is 1.81 bits per heavy atom. The first-order valence-electron chi connectivity index (χ1n) is 4.70. The summed E-state index contributed by atoms with van der Waals surface area (Å²) in [6, 6.07) is 0. The van der Waals surface area contributed by atoms with Gasteiger partial charge >= 0.3 is 15.6 Å². The van der Waals surface area contributed by atoms with Crippen molar-refractivity contribution in [1.82, 2.24) is 0 Å². The fourth-order valence-corrected chi connectivity index (χ4v) is 1.87. The molecule has 0 saturated carbocycles. The molecular formula is C8H13F3O4S. The highest BCUT2D eigenvalue weighted by atomic mass is 32.2. The van der Waals surface area contributed by atoms with E-state index in [1.54, 1.807) is 6.92 Å². The van der Waals surface area contributed by atoms with Crippen LogP contribution in [0.1, 0.15) is 19.8 Å². The molecule has 0 atom stereocenters. The lowest BCUT2D eigenvalue weighted by Gasteiger charge is -2.32. The molecule has 0 N–H and O–H groups in total. The molecule has 0 bridgehead atoms. The van der Waals surface area contributed by atoms with Gasteiger partial charge in [0.15, 0.2) is 0 Å². The van der Waals surface area contributed by atoms with E-state index in [9.17, 15) is 21.6 Å². The molecule has 16 heavy (non-hydrogen) atoms. The van der Waals surface area contributed by atoms with E-state index in [1.807, 2.05) is 0 Å². The van der Waals surface area contributed by atoms with Gasteiger partial charge in [-0.1, -0.05) is 6.92 Å². The van der Waals surface area contributed by atoms with E-state index in [1.165, 1.54) is 0 Å². The van der Waals surface area contributed by atoms with Gasteiger partial charge in [0, 0.05) is 13.2 Å². The van der Waals surface area contributed by atoms with Crippen molar-refractivity contribution in [1.29, 1.82) is 0 Å². The summed E-state index contributed by atoms with van der Waals surface area (Å²) in [5, 5.41) is 0. The summed E-state index contributed by atoms with van der Waals surface area (Å²) in [6.45, 7) is 2.04. The second-order valence-corrected chi connectivity index (χ2v) is 5.69. The molecule has 0 unspecified atom stereocenters. The maximum absolute atomic E-state index is 12.0. The Morgan fingerprint density at radius 1 is 1.31 bits per heavy atom. The van der Waals surface area contributed by atoms with E-state index in [-0.39, 0.29) is 0 Å². The fourth-order valence-electron chi connectivity index (χ4n) is 1.30. The summed E-state index contributed by atoms with van der Waals surface area (Å²) in [4.78, 5) is 0. The average Bonchev–Trinajstić information content (AvgIpc) is 2.15. The zero-order valence-corrected chi connectivity index (χ0v) is 9.53. The van der Waals surface area contributed by atoms with Crippen molar-refractivity contribution in [2.45, 2.75) is 25.3 Å². The first kappa shape index (κ1) is 13.7. The minimum atomic E-state index is -5.48. The van der Waals surface area contributed by atoms with Gasteiger partial charge in [0.1, 0.15) is 0 Å². The van der Waals surface area contributed by atoms with E-state index < -0.39 is 27.6 Å². The molecule has 8 heteroatoms. The zero-order chi connectivity index (χ0) is 12.4. The Kier molecular flexibility index (Phi) is 3.86. The van der Waals surface area contributed by atoms with Crippen molar-refractivity contribution < 1.29 is 30.5 Å². The third-order valence-electron chi connectivity index (χ3n) is 2.55. The van der Waals surface area contributed by atoms with Crippen LogP contribution in [0.5, 0.6) is 0 Å². The lowest BCUT2D eigenvalue weighted by atomic mass is 9.84. The maximum atomic E-state index is 12.0. The predicted molar refractivity (Wildman–Crippen MR) is 49.1 cm³/mol. The lowest BCUT2D eigenvalue weighted by molar-refractivity contribution is -0.0600. The molecule has 1 rings (SSSR count). The van der Waals surface area contributed by atoms with Crippen LogP contribution in [-0.4, -0.2) is 33.7 Å². The van der Waals surface area contributed by atoms with Crippen LogP contribution in [0.25, 0.3) is 0 Å². The van der Waals surface area contributed by atoms with Crippen LogP contribution in [0.15, 0.2) is 0 Å². The number of alkyl halides is 3. The van der Waals surface area contributed by atoms with Crippen molar-refractivity contribution in [3.8, 4) is 0 Å². The molecule has 0 aromatic rings. The second-order valence-electron chi connectivity index (χ2n) is 4.09. The molecule has 96 valence electrons. The van der Waals surface area contributed by atoms with Gasteiger partial charge < -0.3 is 4.74 Å². The van der Waals surface area contributed by atoms with E-state index in [4.69, 9.17) is 4.74 Å². The summed E-state index contributed by atoms with van der Waals surface area (Å²) in [5.41, 5.74) is -5.93. The van der Waals surface area contributed by atoms with Gasteiger partial charge in [-0.3, -0.25) is 4.18 Å². The van der Waals surface area contributed by atoms with Gasteiger partial charge in [0.2, 0.25) is 0 Å². The molecule has 1 aliphatic rings. The largest absolute Gasteiger partial charge is 0.523 e. The molecule has 4 nitrogen and oxygen atoms in total. The molecule has 1 heterocycles. The highest BCUT2D eigenvalue weighted by Gasteiger charge is 2.48. The van der Waals surface area contributed by atoms with Crippen molar-refractivity contribution in [3.63, 3.8) is 0 Å². The summed E-state index contributed by atoms with van der Waals surface area (Å²) < 4.78 is 66.3. The molecule has 0 radical (unpaired) electrons. The normalized spacial score (nSPS) is 22.0. The Morgan fingerprint density at radius 3 is 2.25 bits per heavy atom. The van der Waals surface area contributed by atoms with Gasteiger partial charge in [-0.2, -0.15) is 21.6 Å². The highest BCUT2D eigenvalue weighted by Crippen LogP contribution is 2.32. The topological polar surface area (TPSA) is 52.6 Å². The summed E-state index contributed by atoms with van der Waals surface area (Å²) in [6.07, 6.45) is 0.973. The molecule has 0 spiro atoms. The minimum absolute atomic E-state index is 0.409. The minimum Gasteiger partial charge on any atom is -0.381 e. The molecule has 0 amide bonds. The van der Waals surface area contributed by atoms with E-state index in [2.05, 4.69) is 4.18 Å². The number of hydrogen-bond acceptors (Lipinski definition) is 4. The van der Waals surface area contributed by atoms with Crippen LogP contribution >= 0.6 is 0 Å². The van der Waals surface area contributed by atoms with Crippen LogP contribution in [0.4, 0.5) is 13.2 Å². The van der Waals surface area contributed by atoms with E-state index >= 15 is 0 Å². The van der Waals surface area contributed by atoms with Crippen molar-refractivity contribution in [3.05, 3.63) is 0 Å². The Labute approximate surface area is 91.8 Å². The highest BCUT2D eigenvalue weighted by molar-refractivity contribution is 7.87. The number of hydrogen-bond donors (Lipinski definition) is 0. The SMILES string of the molecule is CC1(COS(=O)(=O)C(F)(F)F)CCOCC1. The van der Waals surface area contributed by atoms with Crippen molar-refractivity contribution in [2.24, 2.45) is 5.41 Å². The Balaban J connectivity index is 2.57. The number of rotatable bonds is 3. The first-order valence-corrected chi connectivity index (χ1v) is 6.11. The van der Waals surface area contributed by atoms with Gasteiger partial charge in [0.25, 0.3) is 0 Å². The monoisotopic (exact) mass is 262 g/mol. The third-order valence-corrected chi connectivity index (χ3v) is 3.54. The lowest BCUT2D eigenvalue weighted by Crippen LogP contribution is -2.35. The molecule has 1 aliphatic heterocycles.